The molecule has 0 bridgehead atoms. The van der Waals surface area contributed by atoms with Crippen molar-refractivity contribution in [2.45, 2.75) is 19.2 Å². The van der Waals surface area contributed by atoms with E-state index >= 15 is 0 Å². The SMILES string of the molecule is C[C@H](Oc1ncc(C#N)cc1Br)c1nnc(-c2ccccc2C(F)(F)F)n1C. The average molecular weight is 452 g/mol. The van der Waals surface area contributed by atoms with E-state index in [1.807, 2.05) is 6.07 Å². The fraction of sp³-hybridized carbons (Fsp3) is 0.222. The van der Waals surface area contributed by atoms with Gasteiger partial charge in [0.2, 0.25) is 5.88 Å². The second-order valence-corrected chi connectivity index (χ2v) is 6.72. The summed E-state index contributed by atoms with van der Waals surface area (Å²) in [5.74, 6) is 0.627. The molecule has 0 spiro atoms. The molecule has 0 saturated carbocycles. The smallest absolute Gasteiger partial charge is 0.417 e. The quantitative estimate of drug-likeness (QED) is 0.575. The first kappa shape index (κ1) is 19.8. The first-order valence-electron chi connectivity index (χ1n) is 8.00. The van der Waals surface area contributed by atoms with Crippen molar-refractivity contribution in [3.63, 3.8) is 0 Å². The van der Waals surface area contributed by atoms with Crippen LogP contribution in [-0.2, 0) is 13.2 Å². The lowest BCUT2D eigenvalue weighted by Crippen LogP contribution is -2.12. The molecular weight excluding hydrogens is 439 g/mol. The number of aromatic nitrogens is 4. The highest BCUT2D eigenvalue weighted by Crippen LogP contribution is 2.37. The van der Waals surface area contributed by atoms with Crippen molar-refractivity contribution in [2.75, 3.05) is 0 Å². The summed E-state index contributed by atoms with van der Waals surface area (Å²) >= 11 is 3.27. The molecule has 28 heavy (non-hydrogen) atoms. The number of ether oxygens (including phenoxy) is 1. The Labute approximate surface area is 166 Å². The Hall–Kier alpha value is -2.93. The molecular formula is C18H13BrF3N5O. The molecule has 0 aliphatic heterocycles. The Morgan fingerprint density at radius 2 is 1.96 bits per heavy atom. The molecule has 10 heteroatoms. The molecule has 0 amide bonds. The number of alkyl halides is 3. The summed E-state index contributed by atoms with van der Waals surface area (Å²) in [6, 6.07) is 8.70. The van der Waals surface area contributed by atoms with E-state index < -0.39 is 17.8 Å². The van der Waals surface area contributed by atoms with E-state index in [9.17, 15) is 13.2 Å². The highest BCUT2D eigenvalue weighted by atomic mass is 79.9. The highest BCUT2D eigenvalue weighted by Gasteiger charge is 2.35. The number of rotatable bonds is 4. The second-order valence-electron chi connectivity index (χ2n) is 5.87. The van der Waals surface area contributed by atoms with Crippen molar-refractivity contribution in [3.8, 4) is 23.3 Å². The van der Waals surface area contributed by atoms with E-state index in [0.717, 1.165) is 6.07 Å². The maximum Gasteiger partial charge on any atom is 0.417 e. The zero-order valence-corrected chi connectivity index (χ0v) is 16.3. The number of nitrogens with zero attached hydrogens (tertiary/aromatic N) is 5. The van der Waals surface area contributed by atoms with Crippen LogP contribution in [0, 0.1) is 11.3 Å². The minimum Gasteiger partial charge on any atom is -0.466 e. The van der Waals surface area contributed by atoms with Crippen molar-refractivity contribution in [2.24, 2.45) is 7.05 Å². The Bertz CT molecular complexity index is 1060. The first-order chi connectivity index (χ1) is 13.2. The normalized spacial score (nSPS) is 12.5. The largest absolute Gasteiger partial charge is 0.466 e. The van der Waals surface area contributed by atoms with E-state index in [1.54, 1.807) is 20.0 Å². The second kappa shape index (κ2) is 7.59. The summed E-state index contributed by atoms with van der Waals surface area (Å²) in [4.78, 5) is 4.06. The summed E-state index contributed by atoms with van der Waals surface area (Å²) in [6.07, 6.45) is -3.81. The van der Waals surface area contributed by atoms with Crippen LogP contribution in [-0.4, -0.2) is 19.7 Å². The molecule has 0 radical (unpaired) electrons. The van der Waals surface area contributed by atoms with Gasteiger partial charge in [0.25, 0.3) is 0 Å². The zero-order valence-electron chi connectivity index (χ0n) is 14.7. The van der Waals surface area contributed by atoms with E-state index in [-0.39, 0.29) is 17.3 Å². The predicted molar refractivity (Wildman–Crippen MR) is 97.1 cm³/mol. The van der Waals surface area contributed by atoms with E-state index in [0.29, 0.717) is 15.9 Å². The summed E-state index contributed by atoms with van der Waals surface area (Å²) in [5.41, 5.74) is -0.500. The Morgan fingerprint density at radius 1 is 1.25 bits per heavy atom. The van der Waals surface area contributed by atoms with E-state index in [4.69, 9.17) is 10.00 Å². The van der Waals surface area contributed by atoms with Crippen LogP contribution in [0.3, 0.4) is 0 Å². The van der Waals surface area contributed by atoms with Gasteiger partial charge in [-0.25, -0.2) is 4.98 Å². The topological polar surface area (TPSA) is 76.6 Å². The minimum atomic E-state index is -4.51. The molecule has 144 valence electrons. The Morgan fingerprint density at radius 3 is 2.61 bits per heavy atom. The third-order valence-electron chi connectivity index (χ3n) is 3.97. The molecule has 1 aromatic carbocycles. The third-order valence-corrected chi connectivity index (χ3v) is 4.54. The van der Waals surface area contributed by atoms with Crippen molar-refractivity contribution in [3.05, 3.63) is 58.0 Å². The minimum absolute atomic E-state index is 0.0684. The summed E-state index contributed by atoms with van der Waals surface area (Å²) in [5, 5.41) is 16.8. The number of hydrogen-bond acceptors (Lipinski definition) is 5. The van der Waals surface area contributed by atoms with Gasteiger partial charge in [0, 0.05) is 18.8 Å². The lowest BCUT2D eigenvalue weighted by atomic mass is 10.1. The molecule has 2 aromatic heterocycles. The van der Waals surface area contributed by atoms with Gasteiger partial charge in [-0.15, -0.1) is 10.2 Å². The van der Waals surface area contributed by atoms with Gasteiger partial charge < -0.3 is 9.30 Å². The molecule has 2 heterocycles. The van der Waals surface area contributed by atoms with Gasteiger partial charge >= 0.3 is 6.18 Å². The monoisotopic (exact) mass is 451 g/mol. The standard InChI is InChI=1S/C18H13BrF3N5O/c1-10(28-17-14(19)7-11(8-23)9-24-17)15-25-26-16(27(15)2)12-5-3-4-6-13(12)18(20,21)22/h3-7,9-10H,1-2H3/t10-/m0/s1. The predicted octanol–water partition coefficient (Wildman–Crippen LogP) is 4.67. The van der Waals surface area contributed by atoms with Gasteiger partial charge in [-0.3, -0.25) is 0 Å². The molecule has 0 unspecified atom stereocenters. The van der Waals surface area contributed by atoms with Crippen LogP contribution < -0.4 is 4.74 Å². The molecule has 0 aliphatic rings. The van der Waals surface area contributed by atoms with Crippen LogP contribution in [0.1, 0.15) is 30.0 Å². The van der Waals surface area contributed by atoms with Gasteiger partial charge in [-0.2, -0.15) is 18.4 Å². The molecule has 3 aromatic rings. The van der Waals surface area contributed by atoms with E-state index in [1.165, 1.54) is 29.0 Å². The third kappa shape index (κ3) is 3.84. The molecule has 0 saturated heterocycles. The van der Waals surface area contributed by atoms with Crippen LogP contribution in [0.5, 0.6) is 5.88 Å². The molecule has 0 N–H and O–H groups in total. The van der Waals surface area contributed by atoms with Crippen molar-refractivity contribution in [1.82, 2.24) is 19.7 Å². The van der Waals surface area contributed by atoms with Crippen LogP contribution in [0.4, 0.5) is 13.2 Å². The van der Waals surface area contributed by atoms with Crippen molar-refractivity contribution in [1.29, 1.82) is 5.26 Å². The van der Waals surface area contributed by atoms with E-state index in [2.05, 4.69) is 31.1 Å². The van der Waals surface area contributed by atoms with Gasteiger partial charge in [-0.1, -0.05) is 18.2 Å². The molecule has 0 fully saturated rings. The van der Waals surface area contributed by atoms with Gasteiger partial charge in [-0.05, 0) is 35.0 Å². The zero-order chi connectivity index (χ0) is 20.5. The van der Waals surface area contributed by atoms with Crippen molar-refractivity contribution >= 4 is 15.9 Å². The Balaban J connectivity index is 1.93. The first-order valence-corrected chi connectivity index (χ1v) is 8.80. The van der Waals surface area contributed by atoms with Crippen LogP contribution >= 0.6 is 15.9 Å². The van der Waals surface area contributed by atoms with Crippen LogP contribution in [0.2, 0.25) is 0 Å². The lowest BCUT2D eigenvalue weighted by molar-refractivity contribution is -0.137. The average Bonchev–Trinajstić information content (AvgIpc) is 3.04. The van der Waals surface area contributed by atoms with Gasteiger partial charge in [0.1, 0.15) is 6.07 Å². The molecule has 6 nitrogen and oxygen atoms in total. The number of pyridine rings is 1. The number of nitriles is 1. The summed E-state index contributed by atoms with van der Waals surface area (Å²) in [7, 11) is 1.57. The van der Waals surface area contributed by atoms with Gasteiger partial charge in [0.05, 0.1) is 15.6 Å². The van der Waals surface area contributed by atoms with Crippen LogP contribution in [0.25, 0.3) is 11.4 Å². The number of benzene rings is 1. The number of halogens is 4. The molecule has 1 atom stereocenters. The molecule has 3 rings (SSSR count). The summed E-state index contributed by atoms with van der Waals surface area (Å²) in [6.45, 7) is 1.68. The fourth-order valence-corrected chi connectivity index (χ4v) is 3.09. The highest BCUT2D eigenvalue weighted by molar-refractivity contribution is 9.10. The van der Waals surface area contributed by atoms with Crippen molar-refractivity contribution < 1.29 is 17.9 Å². The lowest BCUT2D eigenvalue weighted by Gasteiger charge is -2.15. The van der Waals surface area contributed by atoms with Crippen LogP contribution in [0.15, 0.2) is 41.0 Å². The molecule has 0 aliphatic carbocycles. The fourth-order valence-electron chi connectivity index (χ4n) is 2.65. The maximum absolute atomic E-state index is 13.3. The Kier molecular flexibility index (Phi) is 5.38. The number of hydrogen-bond donors (Lipinski definition) is 0. The summed E-state index contributed by atoms with van der Waals surface area (Å²) < 4.78 is 47.6. The maximum atomic E-state index is 13.3. The van der Waals surface area contributed by atoms with Gasteiger partial charge in [0.15, 0.2) is 17.8 Å².